The molecule has 1 aromatic carbocycles. The summed E-state index contributed by atoms with van der Waals surface area (Å²) in [5.41, 5.74) is -1.48. The number of hydrogen-bond donors (Lipinski definition) is 2. The third-order valence-electron chi connectivity index (χ3n) is 4.38. The Hall–Kier alpha value is -3.66. The molecule has 0 spiro atoms. The lowest BCUT2D eigenvalue weighted by Gasteiger charge is -2.13. The third-order valence-corrected chi connectivity index (χ3v) is 4.95. The van der Waals surface area contributed by atoms with Crippen LogP contribution >= 0.6 is 0 Å². The molecule has 35 heavy (non-hydrogen) atoms. The number of carbonyl (C=O) groups is 1. The minimum atomic E-state index is -4.67. The van der Waals surface area contributed by atoms with Crippen LogP contribution in [0.25, 0.3) is 6.08 Å². The number of amides is 1. The van der Waals surface area contributed by atoms with Gasteiger partial charge in [0.15, 0.2) is 0 Å². The van der Waals surface area contributed by atoms with Crippen LogP contribution in [0.1, 0.15) is 42.1 Å². The van der Waals surface area contributed by atoms with Crippen molar-refractivity contribution in [2.24, 2.45) is 0 Å². The number of rotatable bonds is 10. The molecule has 0 aliphatic heterocycles. The standard InChI is InChI=1S/C22H22F4N4O4S/c1-3-4-9-34-21-14(5-7-18(29-21)22(24,25)26)6-8-19(31)28-13-16-11-17(23)10-15(12-27)20(16)30-35(2,32)33/h5-8,10-11,30H,3-4,9,13H2,1-2H3,(H,28,31). The van der Waals surface area contributed by atoms with E-state index in [0.717, 1.165) is 43.0 Å². The molecule has 0 bridgehead atoms. The highest BCUT2D eigenvalue weighted by molar-refractivity contribution is 7.92. The molecule has 0 aliphatic carbocycles. The van der Waals surface area contributed by atoms with Gasteiger partial charge in [0.1, 0.15) is 17.6 Å². The molecule has 1 heterocycles. The number of nitrogens with one attached hydrogen (secondary N) is 2. The summed E-state index contributed by atoms with van der Waals surface area (Å²) in [7, 11) is -3.81. The Morgan fingerprint density at radius 1 is 1.29 bits per heavy atom. The number of aromatic nitrogens is 1. The first-order valence-electron chi connectivity index (χ1n) is 10.2. The van der Waals surface area contributed by atoms with Crippen molar-refractivity contribution < 1.29 is 35.5 Å². The van der Waals surface area contributed by atoms with Crippen LogP contribution in [0.2, 0.25) is 0 Å². The van der Waals surface area contributed by atoms with Gasteiger partial charge < -0.3 is 10.1 Å². The zero-order valence-electron chi connectivity index (χ0n) is 18.7. The molecule has 2 aromatic rings. The Bertz CT molecular complexity index is 1260. The maximum absolute atomic E-state index is 13.9. The van der Waals surface area contributed by atoms with Crippen molar-refractivity contribution in [1.29, 1.82) is 5.26 Å². The third kappa shape index (κ3) is 8.56. The van der Waals surface area contributed by atoms with Crippen molar-refractivity contribution in [2.75, 3.05) is 17.6 Å². The van der Waals surface area contributed by atoms with E-state index in [2.05, 4.69) is 15.0 Å². The number of sulfonamides is 1. The zero-order valence-corrected chi connectivity index (χ0v) is 19.6. The van der Waals surface area contributed by atoms with Gasteiger partial charge in [-0.05, 0) is 42.3 Å². The first-order valence-corrected chi connectivity index (χ1v) is 12.1. The number of halogens is 4. The highest BCUT2D eigenvalue weighted by Crippen LogP contribution is 2.31. The Balaban J connectivity index is 2.23. The van der Waals surface area contributed by atoms with Gasteiger partial charge in [0.05, 0.1) is 24.1 Å². The molecule has 0 fully saturated rings. The van der Waals surface area contributed by atoms with Crippen LogP contribution < -0.4 is 14.8 Å². The van der Waals surface area contributed by atoms with Crippen LogP contribution in [0.15, 0.2) is 30.3 Å². The summed E-state index contributed by atoms with van der Waals surface area (Å²) in [6, 6.07) is 5.35. The molecule has 2 rings (SSSR count). The summed E-state index contributed by atoms with van der Waals surface area (Å²) in [5, 5.41) is 11.6. The van der Waals surface area contributed by atoms with E-state index in [4.69, 9.17) is 4.74 Å². The van der Waals surface area contributed by atoms with Gasteiger partial charge in [0.25, 0.3) is 0 Å². The van der Waals surface area contributed by atoms with E-state index in [9.17, 15) is 36.0 Å². The number of hydrogen-bond acceptors (Lipinski definition) is 6. The average Bonchev–Trinajstić information content (AvgIpc) is 2.76. The number of pyridine rings is 1. The molecular formula is C22H22F4N4O4S. The van der Waals surface area contributed by atoms with E-state index in [-0.39, 0.29) is 41.4 Å². The van der Waals surface area contributed by atoms with Crippen LogP contribution in [-0.4, -0.2) is 32.2 Å². The van der Waals surface area contributed by atoms with Gasteiger partial charge in [-0.1, -0.05) is 13.3 Å². The maximum atomic E-state index is 13.9. The fourth-order valence-corrected chi connectivity index (χ4v) is 3.38. The molecule has 8 nitrogen and oxygen atoms in total. The normalized spacial score (nSPS) is 11.8. The quantitative estimate of drug-likeness (QED) is 0.281. The molecule has 1 aromatic heterocycles. The van der Waals surface area contributed by atoms with Crippen LogP contribution in [0.4, 0.5) is 23.2 Å². The van der Waals surface area contributed by atoms with Gasteiger partial charge in [-0.3, -0.25) is 9.52 Å². The number of ether oxygens (including phenoxy) is 1. The topological polar surface area (TPSA) is 121 Å². The number of benzene rings is 1. The molecule has 188 valence electrons. The average molecular weight is 515 g/mol. The van der Waals surface area contributed by atoms with Crippen molar-refractivity contribution in [3.8, 4) is 11.9 Å². The molecule has 13 heteroatoms. The van der Waals surface area contributed by atoms with E-state index >= 15 is 0 Å². The van der Waals surface area contributed by atoms with Crippen molar-refractivity contribution in [3.63, 3.8) is 0 Å². The monoisotopic (exact) mass is 514 g/mol. The lowest BCUT2D eigenvalue weighted by molar-refractivity contribution is -0.141. The molecule has 2 N–H and O–H groups in total. The minimum absolute atomic E-state index is 0.00601. The number of alkyl halides is 3. The molecule has 0 saturated carbocycles. The Kier molecular flexibility index (Phi) is 9.18. The number of anilines is 1. The molecule has 0 saturated heterocycles. The largest absolute Gasteiger partial charge is 0.477 e. The lowest BCUT2D eigenvalue weighted by atomic mass is 10.1. The number of nitriles is 1. The smallest absolute Gasteiger partial charge is 0.433 e. The summed E-state index contributed by atoms with van der Waals surface area (Å²) in [6.45, 7) is 1.66. The van der Waals surface area contributed by atoms with Gasteiger partial charge in [-0.25, -0.2) is 17.8 Å². The van der Waals surface area contributed by atoms with Crippen LogP contribution in [-0.2, 0) is 27.5 Å². The van der Waals surface area contributed by atoms with E-state index in [0.29, 0.717) is 6.42 Å². The van der Waals surface area contributed by atoms with Crippen molar-refractivity contribution in [2.45, 2.75) is 32.5 Å². The van der Waals surface area contributed by atoms with Crippen molar-refractivity contribution >= 4 is 27.7 Å². The van der Waals surface area contributed by atoms with E-state index in [1.165, 1.54) is 6.08 Å². The Labute approximate surface area is 199 Å². The maximum Gasteiger partial charge on any atom is 0.433 e. The second-order valence-corrected chi connectivity index (χ2v) is 9.06. The predicted octanol–water partition coefficient (Wildman–Crippen LogP) is 3.99. The van der Waals surface area contributed by atoms with Gasteiger partial charge in [-0.2, -0.15) is 18.4 Å². The van der Waals surface area contributed by atoms with Gasteiger partial charge in [0, 0.05) is 18.2 Å². The van der Waals surface area contributed by atoms with Crippen molar-refractivity contribution in [1.82, 2.24) is 10.3 Å². The zero-order chi connectivity index (χ0) is 26.2. The second-order valence-electron chi connectivity index (χ2n) is 7.32. The Morgan fingerprint density at radius 3 is 2.60 bits per heavy atom. The lowest BCUT2D eigenvalue weighted by Crippen LogP contribution is -2.22. The van der Waals surface area contributed by atoms with Crippen molar-refractivity contribution in [3.05, 3.63) is 58.5 Å². The fourth-order valence-electron chi connectivity index (χ4n) is 2.77. The summed E-state index contributed by atoms with van der Waals surface area (Å²) < 4.78 is 83.5. The van der Waals surface area contributed by atoms with Gasteiger partial charge in [0.2, 0.25) is 21.8 Å². The van der Waals surface area contributed by atoms with Crippen LogP contribution in [0.3, 0.4) is 0 Å². The summed E-state index contributed by atoms with van der Waals surface area (Å²) >= 11 is 0. The number of carbonyl (C=O) groups excluding carboxylic acids is 1. The summed E-state index contributed by atoms with van der Waals surface area (Å²) in [6.07, 6.45) is -0.287. The van der Waals surface area contributed by atoms with E-state index in [1.54, 1.807) is 6.07 Å². The number of unbranched alkanes of at least 4 members (excludes halogenated alkanes) is 1. The molecule has 0 atom stereocenters. The summed E-state index contributed by atoms with van der Waals surface area (Å²) in [5.74, 6) is -1.83. The van der Waals surface area contributed by atoms with Gasteiger partial charge in [-0.15, -0.1) is 0 Å². The predicted molar refractivity (Wildman–Crippen MR) is 120 cm³/mol. The molecule has 0 aliphatic rings. The van der Waals surface area contributed by atoms with Gasteiger partial charge >= 0.3 is 6.18 Å². The fraction of sp³-hybridized carbons (Fsp3) is 0.318. The second kappa shape index (κ2) is 11.7. The van der Waals surface area contributed by atoms with E-state index < -0.39 is 33.6 Å². The van der Waals surface area contributed by atoms with Crippen LogP contribution in [0, 0.1) is 17.1 Å². The number of nitrogens with zero attached hydrogens (tertiary/aromatic N) is 2. The molecule has 1 amide bonds. The SMILES string of the molecule is CCCCOc1nc(C(F)(F)F)ccc1C=CC(=O)NCc1cc(F)cc(C#N)c1NS(C)(=O)=O. The highest BCUT2D eigenvalue weighted by Gasteiger charge is 2.33. The highest BCUT2D eigenvalue weighted by atomic mass is 32.2. The van der Waals surface area contributed by atoms with E-state index in [1.807, 2.05) is 6.92 Å². The molecule has 0 unspecified atom stereocenters. The first kappa shape index (κ1) is 27.6. The van der Waals surface area contributed by atoms with Crippen LogP contribution in [0.5, 0.6) is 5.88 Å². The first-order chi connectivity index (χ1) is 16.3. The Morgan fingerprint density at radius 2 is 2.00 bits per heavy atom. The summed E-state index contributed by atoms with van der Waals surface area (Å²) in [4.78, 5) is 15.8. The molecule has 0 radical (unpaired) electrons. The molecular weight excluding hydrogens is 492 g/mol. The minimum Gasteiger partial charge on any atom is -0.477 e.